The van der Waals surface area contributed by atoms with Crippen LogP contribution in [0.25, 0.3) is 21.8 Å². The van der Waals surface area contributed by atoms with Crippen molar-refractivity contribution in [3.05, 3.63) is 72.9 Å². The first-order valence-corrected chi connectivity index (χ1v) is 17.1. The number of piperidine rings is 2. The zero-order valence-corrected chi connectivity index (χ0v) is 28.3. The van der Waals surface area contributed by atoms with Crippen molar-refractivity contribution < 1.29 is 19.6 Å². The van der Waals surface area contributed by atoms with Gasteiger partial charge in [-0.25, -0.2) is 0 Å². The SMILES string of the molecule is C1CCOC1.NCCN1CCCCC1.O=[N+]([O-])c1ccc2c(NCCN3CCCCC3)n[nH]c2c1.O=[N+]([O-])c1ccc2cn([N+](=O)[O-])nc2c1. The number of nitrogens with zero attached hydrogens (tertiary/aromatic N) is 8. The van der Waals surface area contributed by atoms with Crippen LogP contribution in [-0.4, -0.2) is 110 Å². The lowest BCUT2D eigenvalue weighted by Crippen LogP contribution is -2.33. The minimum absolute atomic E-state index is 0.0750. The summed E-state index contributed by atoms with van der Waals surface area (Å²) in [6.07, 6.45) is 11.8. The van der Waals surface area contributed by atoms with E-state index in [9.17, 15) is 30.3 Å². The van der Waals surface area contributed by atoms with Crippen molar-refractivity contribution in [2.45, 2.75) is 51.4 Å². The number of aromatic amines is 1. The maximum Gasteiger partial charge on any atom is 0.273 e. The number of nitro benzene ring substituents is 2. The molecule has 5 heterocycles. The summed E-state index contributed by atoms with van der Waals surface area (Å²) in [6.45, 7) is 10.6. The standard InChI is InChI=1S/C14H19N5O2.C7H4N4O4.C7H16N2.C4H8O/c20-19(21)11-4-5-12-13(10-11)16-17-14(12)15-6-9-18-7-2-1-3-8-18;12-10(13)6-2-1-5-4-9(11(14)15)8-7(5)3-6;8-4-7-9-5-2-1-3-6-9;1-2-4-5-3-1/h4-5,10H,1-3,6-9H2,(H2,15,16,17);1-4H;1-8H2;1-4H2. The highest BCUT2D eigenvalue weighted by molar-refractivity contribution is 5.91. The number of rotatable bonds is 9. The second-order valence-electron chi connectivity index (χ2n) is 12.2. The van der Waals surface area contributed by atoms with Crippen LogP contribution in [0.1, 0.15) is 51.4 Å². The number of nitrogens with one attached hydrogen (secondary N) is 2. The van der Waals surface area contributed by atoms with E-state index in [-0.39, 0.29) is 16.9 Å². The molecule has 0 radical (unpaired) electrons. The first kappa shape index (κ1) is 38.0. The van der Waals surface area contributed by atoms with Crippen LogP contribution >= 0.6 is 0 Å². The Labute approximate surface area is 289 Å². The van der Waals surface area contributed by atoms with Crippen molar-refractivity contribution >= 4 is 39.0 Å². The van der Waals surface area contributed by atoms with E-state index < -0.39 is 14.9 Å². The highest BCUT2D eigenvalue weighted by Crippen LogP contribution is 2.24. The van der Waals surface area contributed by atoms with Gasteiger partial charge in [0.25, 0.3) is 11.4 Å². The summed E-state index contributed by atoms with van der Waals surface area (Å²) in [6, 6.07) is 8.64. The predicted octanol–water partition coefficient (Wildman–Crippen LogP) is 4.58. The van der Waals surface area contributed by atoms with Gasteiger partial charge in [0.2, 0.25) is 5.52 Å². The van der Waals surface area contributed by atoms with Crippen LogP contribution in [0.15, 0.2) is 42.6 Å². The van der Waals surface area contributed by atoms with Gasteiger partial charge in [0.15, 0.2) is 5.82 Å². The van der Waals surface area contributed by atoms with Gasteiger partial charge >= 0.3 is 0 Å². The molecule has 0 spiro atoms. The molecule has 4 aromatic rings. The van der Waals surface area contributed by atoms with Crippen molar-refractivity contribution in [2.24, 2.45) is 5.73 Å². The van der Waals surface area contributed by atoms with Gasteiger partial charge in [-0.3, -0.25) is 25.3 Å². The molecule has 18 heteroatoms. The van der Waals surface area contributed by atoms with Gasteiger partial charge in [-0.2, -0.15) is 5.10 Å². The number of nitro groups is 3. The van der Waals surface area contributed by atoms with Gasteiger partial charge in [0, 0.05) is 67.8 Å². The Morgan fingerprint density at radius 2 is 1.40 bits per heavy atom. The Kier molecular flexibility index (Phi) is 15.2. The molecule has 0 atom stereocenters. The zero-order chi connectivity index (χ0) is 35.7. The topological polar surface area (TPSA) is 230 Å². The number of nitrogens with two attached hydrogens (primary N) is 1. The van der Waals surface area contributed by atoms with Gasteiger partial charge in [-0.15, -0.1) is 0 Å². The molecule has 3 aliphatic rings. The van der Waals surface area contributed by atoms with E-state index in [0.717, 1.165) is 50.6 Å². The average Bonchev–Trinajstić information content (AvgIpc) is 3.92. The maximum absolute atomic E-state index is 10.7. The molecule has 3 saturated heterocycles. The van der Waals surface area contributed by atoms with Crippen LogP contribution in [0.5, 0.6) is 0 Å². The lowest BCUT2D eigenvalue weighted by atomic mass is 10.1. The molecule has 0 aliphatic carbocycles. The van der Waals surface area contributed by atoms with Crippen molar-refractivity contribution in [1.29, 1.82) is 0 Å². The fraction of sp³-hybridized carbons (Fsp3) is 0.562. The molecule has 4 N–H and O–H groups in total. The number of fused-ring (bicyclic) bond motifs is 2. The smallest absolute Gasteiger partial charge is 0.273 e. The molecule has 50 heavy (non-hydrogen) atoms. The van der Waals surface area contributed by atoms with Gasteiger partial charge in [0.05, 0.1) is 36.9 Å². The van der Waals surface area contributed by atoms with Crippen LogP contribution in [0.3, 0.4) is 0 Å². The van der Waals surface area contributed by atoms with E-state index >= 15 is 0 Å². The second kappa shape index (κ2) is 20.0. The Bertz CT molecular complexity index is 1640. The summed E-state index contributed by atoms with van der Waals surface area (Å²) < 4.78 is 4.94. The zero-order valence-electron chi connectivity index (χ0n) is 28.3. The number of anilines is 1. The monoisotopic (exact) mass is 697 g/mol. The van der Waals surface area contributed by atoms with Crippen molar-refractivity contribution in [3.63, 3.8) is 0 Å². The molecule has 3 fully saturated rings. The number of hydrogen-bond acceptors (Lipinski definition) is 13. The van der Waals surface area contributed by atoms with Crippen LogP contribution in [0.2, 0.25) is 0 Å². The van der Waals surface area contributed by atoms with Crippen molar-refractivity contribution in [2.75, 3.05) is 70.9 Å². The lowest BCUT2D eigenvalue weighted by molar-refractivity contribution is -0.552. The summed E-state index contributed by atoms with van der Waals surface area (Å²) in [7, 11) is 0. The minimum Gasteiger partial charge on any atom is -0.381 e. The highest BCUT2D eigenvalue weighted by atomic mass is 16.7. The molecule has 0 amide bonds. The molecule has 272 valence electrons. The third kappa shape index (κ3) is 12.0. The van der Waals surface area contributed by atoms with Crippen LogP contribution < -0.4 is 11.1 Å². The highest BCUT2D eigenvalue weighted by Gasteiger charge is 2.15. The number of likely N-dealkylation sites (tertiary alicyclic amines) is 2. The lowest BCUT2D eigenvalue weighted by Gasteiger charge is -2.26. The van der Waals surface area contributed by atoms with Crippen molar-refractivity contribution in [1.82, 2.24) is 29.9 Å². The maximum atomic E-state index is 10.7. The largest absolute Gasteiger partial charge is 0.381 e. The average molecular weight is 698 g/mol. The Morgan fingerprint density at radius 3 is 1.96 bits per heavy atom. The van der Waals surface area contributed by atoms with Crippen LogP contribution in [0.4, 0.5) is 17.2 Å². The fourth-order valence-electron chi connectivity index (χ4n) is 5.84. The Hall–Kier alpha value is -4.78. The number of H-pyrrole nitrogens is 1. The molecule has 0 bridgehead atoms. The molecule has 7 rings (SSSR count). The Balaban J connectivity index is 0.000000168. The molecule has 18 nitrogen and oxygen atoms in total. The first-order valence-electron chi connectivity index (χ1n) is 17.1. The first-order chi connectivity index (χ1) is 24.2. The summed E-state index contributed by atoms with van der Waals surface area (Å²) >= 11 is 0. The summed E-state index contributed by atoms with van der Waals surface area (Å²) in [4.78, 5) is 36.0. The van der Waals surface area contributed by atoms with E-state index in [4.69, 9.17) is 10.5 Å². The summed E-state index contributed by atoms with van der Waals surface area (Å²) in [5, 5.41) is 46.1. The molecular formula is C32H47N11O7. The number of ether oxygens (including phenoxy) is 1. The Morgan fingerprint density at radius 1 is 0.800 bits per heavy atom. The second-order valence-corrected chi connectivity index (χ2v) is 12.2. The summed E-state index contributed by atoms with van der Waals surface area (Å²) in [5.74, 6) is 0.761. The van der Waals surface area contributed by atoms with E-state index in [0.29, 0.717) is 15.7 Å². The molecule has 2 aromatic carbocycles. The molecule has 0 unspecified atom stereocenters. The fourth-order valence-corrected chi connectivity index (χ4v) is 5.84. The molecular weight excluding hydrogens is 650 g/mol. The van der Waals surface area contributed by atoms with Crippen molar-refractivity contribution in [3.8, 4) is 0 Å². The molecule has 3 aliphatic heterocycles. The third-order valence-electron chi connectivity index (χ3n) is 8.50. The van der Waals surface area contributed by atoms with Crippen LogP contribution in [0, 0.1) is 30.3 Å². The third-order valence-corrected chi connectivity index (χ3v) is 8.50. The van der Waals surface area contributed by atoms with Gasteiger partial charge in [-0.1, -0.05) is 12.8 Å². The van der Waals surface area contributed by atoms with Gasteiger partial charge in [-0.05, 0) is 76.8 Å². The number of hydrogen-bond donors (Lipinski definition) is 3. The number of non-ortho nitro benzene ring substituents is 2. The number of benzene rings is 2. The van der Waals surface area contributed by atoms with Gasteiger partial charge < -0.3 is 35.7 Å². The van der Waals surface area contributed by atoms with E-state index in [1.807, 2.05) is 0 Å². The van der Waals surface area contributed by atoms with E-state index in [2.05, 4.69) is 30.4 Å². The van der Waals surface area contributed by atoms with E-state index in [1.165, 1.54) is 114 Å². The van der Waals surface area contributed by atoms with Gasteiger partial charge in [0.1, 0.15) is 6.20 Å². The predicted molar refractivity (Wildman–Crippen MR) is 190 cm³/mol. The summed E-state index contributed by atoms with van der Waals surface area (Å²) in [5.41, 5.74) is 6.26. The van der Waals surface area contributed by atoms with Crippen LogP contribution in [-0.2, 0) is 4.74 Å². The normalized spacial score (nSPS) is 16.3. The quantitative estimate of drug-likeness (QED) is 0.161. The molecule has 2 aromatic heterocycles. The number of aromatic nitrogens is 4. The molecule has 0 saturated carbocycles. The minimum atomic E-state index is -0.716. The van der Waals surface area contributed by atoms with E-state index in [1.54, 1.807) is 6.07 Å².